The first-order valence-electron chi connectivity index (χ1n) is 9.73. The highest BCUT2D eigenvalue weighted by molar-refractivity contribution is 7.13. The maximum Gasteiger partial charge on any atom is 0.141 e. The molecule has 4 aromatic rings. The zero-order valence-electron chi connectivity index (χ0n) is 16.7. The molecule has 0 unspecified atom stereocenters. The Morgan fingerprint density at radius 2 is 1.80 bits per heavy atom. The molecule has 0 saturated heterocycles. The summed E-state index contributed by atoms with van der Waals surface area (Å²) in [6, 6.07) is 18.1. The van der Waals surface area contributed by atoms with E-state index in [0.717, 1.165) is 53.2 Å². The van der Waals surface area contributed by atoms with Gasteiger partial charge in [0.1, 0.15) is 28.1 Å². The summed E-state index contributed by atoms with van der Waals surface area (Å²) in [5.74, 6) is 2.40. The van der Waals surface area contributed by atoms with Crippen LogP contribution in [0.4, 0.5) is 11.6 Å². The van der Waals surface area contributed by atoms with Gasteiger partial charge in [-0.05, 0) is 54.4 Å². The van der Waals surface area contributed by atoms with Gasteiger partial charge in [-0.1, -0.05) is 24.3 Å². The Hall–Kier alpha value is -3.29. The van der Waals surface area contributed by atoms with Crippen LogP contribution in [-0.4, -0.2) is 28.6 Å². The predicted octanol–water partition coefficient (Wildman–Crippen LogP) is 4.68. The Balaban J connectivity index is 1.26. The van der Waals surface area contributed by atoms with Gasteiger partial charge >= 0.3 is 0 Å². The second kappa shape index (κ2) is 9.96. The van der Waals surface area contributed by atoms with Gasteiger partial charge in [-0.15, -0.1) is 11.3 Å². The van der Waals surface area contributed by atoms with E-state index in [1.165, 1.54) is 5.56 Å². The number of anilines is 2. The fraction of sp³-hybridized carbons (Fsp3) is 0.174. The number of nitrogens with zero attached hydrogens (tertiary/aromatic N) is 3. The van der Waals surface area contributed by atoms with Gasteiger partial charge in [0.2, 0.25) is 0 Å². The lowest BCUT2D eigenvalue weighted by Gasteiger charge is -2.08. The quantitative estimate of drug-likeness (QED) is 0.385. The molecule has 0 aliphatic heterocycles. The third-order valence-corrected chi connectivity index (χ3v) is 5.36. The molecule has 0 aliphatic carbocycles. The Morgan fingerprint density at radius 1 is 0.933 bits per heavy atom. The van der Waals surface area contributed by atoms with Crippen LogP contribution in [-0.2, 0) is 13.0 Å². The molecule has 0 fully saturated rings. The van der Waals surface area contributed by atoms with Crippen molar-refractivity contribution < 1.29 is 4.74 Å². The molecule has 30 heavy (non-hydrogen) atoms. The first-order valence-corrected chi connectivity index (χ1v) is 10.6. The van der Waals surface area contributed by atoms with Gasteiger partial charge in [-0.2, -0.15) is 0 Å². The van der Waals surface area contributed by atoms with E-state index in [2.05, 4.69) is 43.8 Å². The first-order chi connectivity index (χ1) is 14.8. The summed E-state index contributed by atoms with van der Waals surface area (Å²) in [6.07, 6.45) is 4.64. The highest BCUT2D eigenvalue weighted by atomic mass is 32.1. The number of hydrogen-bond donors (Lipinski definition) is 2. The van der Waals surface area contributed by atoms with E-state index in [1.54, 1.807) is 24.6 Å². The van der Waals surface area contributed by atoms with Crippen molar-refractivity contribution in [2.75, 3.05) is 19.0 Å². The van der Waals surface area contributed by atoms with Crippen molar-refractivity contribution in [3.63, 3.8) is 0 Å². The zero-order valence-corrected chi connectivity index (χ0v) is 17.5. The maximum atomic E-state index is 5.19. The van der Waals surface area contributed by atoms with Crippen LogP contribution in [0.1, 0.15) is 11.1 Å². The molecular weight excluding hydrogens is 394 g/mol. The van der Waals surface area contributed by atoms with Gasteiger partial charge in [0.05, 0.1) is 7.11 Å². The third-order valence-electron chi connectivity index (χ3n) is 4.56. The van der Waals surface area contributed by atoms with E-state index in [-0.39, 0.29) is 0 Å². The number of hydrogen-bond acceptors (Lipinski definition) is 7. The molecule has 3 heterocycles. The van der Waals surface area contributed by atoms with E-state index >= 15 is 0 Å². The van der Waals surface area contributed by atoms with Gasteiger partial charge in [-0.25, -0.2) is 15.0 Å². The van der Waals surface area contributed by atoms with Crippen LogP contribution in [0.15, 0.2) is 72.4 Å². The maximum absolute atomic E-state index is 5.19. The second-order valence-corrected chi connectivity index (χ2v) is 7.59. The van der Waals surface area contributed by atoms with Crippen LogP contribution in [0, 0.1) is 0 Å². The SMILES string of the molecule is COc1ccc(CCNCc2ccc(Nc3cccc(-c4nccs4)n3)nc2)cc1. The molecule has 2 N–H and O–H groups in total. The third kappa shape index (κ3) is 5.40. The molecule has 4 rings (SSSR count). The highest BCUT2D eigenvalue weighted by Crippen LogP contribution is 2.22. The Labute approximate surface area is 180 Å². The predicted molar refractivity (Wildman–Crippen MR) is 121 cm³/mol. The molecule has 0 amide bonds. The highest BCUT2D eigenvalue weighted by Gasteiger charge is 2.04. The van der Waals surface area contributed by atoms with Crippen molar-refractivity contribution in [2.24, 2.45) is 0 Å². The average Bonchev–Trinajstić information content (AvgIpc) is 3.34. The second-order valence-electron chi connectivity index (χ2n) is 6.70. The van der Waals surface area contributed by atoms with E-state index in [1.807, 2.05) is 48.0 Å². The number of aromatic nitrogens is 3. The number of nitrogens with one attached hydrogen (secondary N) is 2. The molecule has 152 valence electrons. The van der Waals surface area contributed by atoms with Crippen molar-refractivity contribution >= 4 is 23.0 Å². The van der Waals surface area contributed by atoms with E-state index in [9.17, 15) is 0 Å². The van der Waals surface area contributed by atoms with Crippen LogP contribution >= 0.6 is 11.3 Å². The van der Waals surface area contributed by atoms with Crippen molar-refractivity contribution in [1.82, 2.24) is 20.3 Å². The van der Waals surface area contributed by atoms with Gasteiger partial charge in [-0.3, -0.25) is 0 Å². The number of methoxy groups -OCH3 is 1. The van der Waals surface area contributed by atoms with Crippen LogP contribution in [0.3, 0.4) is 0 Å². The molecule has 0 saturated carbocycles. The Morgan fingerprint density at radius 3 is 2.53 bits per heavy atom. The van der Waals surface area contributed by atoms with E-state index < -0.39 is 0 Å². The van der Waals surface area contributed by atoms with Gasteiger partial charge in [0.25, 0.3) is 0 Å². The number of pyridine rings is 2. The van der Waals surface area contributed by atoms with Crippen LogP contribution < -0.4 is 15.4 Å². The fourth-order valence-corrected chi connectivity index (χ4v) is 3.57. The topological polar surface area (TPSA) is 72.0 Å². The lowest BCUT2D eigenvalue weighted by Crippen LogP contribution is -2.16. The van der Waals surface area contributed by atoms with Crippen LogP contribution in [0.25, 0.3) is 10.7 Å². The largest absolute Gasteiger partial charge is 0.497 e. The average molecular weight is 418 g/mol. The van der Waals surface area contributed by atoms with Gasteiger partial charge in [0, 0.05) is 24.3 Å². The minimum Gasteiger partial charge on any atom is -0.497 e. The number of benzene rings is 1. The molecule has 0 atom stereocenters. The number of ether oxygens (including phenoxy) is 1. The Bertz CT molecular complexity index is 1050. The van der Waals surface area contributed by atoms with Gasteiger partial charge in [0.15, 0.2) is 0 Å². The molecule has 3 aromatic heterocycles. The molecule has 0 bridgehead atoms. The van der Waals surface area contributed by atoms with E-state index in [0.29, 0.717) is 0 Å². The molecule has 0 aliphatic rings. The molecule has 0 spiro atoms. The standard InChI is InChI=1S/C23H23N5OS/c1-29-19-8-5-17(6-9-19)11-12-24-15-18-7-10-21(26-16-18)28-22-4-2-3-20(27-22)23-25-13-14-30-23/h2-10,13-14,16,24H,11-12,15H2,1H3,(H,26,27,28). The Kier molecular flexibility index (Phi) is 6.64. The smallest absolute Gasteiger partial charge is 0.141 e. The molecule has 7 heteroatoms. The summed E-state index contributed by atoms with van der Waals surface area (Å²) >= 11 is 1.57. The molecule has 1 aromatic carbocycles. The lowest BCUT2D eigenvalue weighted by molar-refractivity contribution is 0.414. The van der Waals surface area contributed by atoms with Crippen molar-refractivity contribution in [3.8, 4) is 16.5 Å². The van der Waals surface area contributed by atoms with E-state index in [4.69, 9.17) is 4.74 Å². The normalized spacial score (nSPS) is 10.7. The lowest BCUT2D eigenvalue weighted by atomic mass is 10.1. The van der Waals surface area contributed by atoms with Crippen molar-refractivity contribution in [1.29, 1.82) is 0 Å². The summed E-state index contributed by atoms with van der Waals surface area (Å²) in [5.41, 5.74) is 3.28. The minimum absolute atomic E-state index is 0.751. The summed E-state index contributed by atoms with van der Waals surface area (Å²) in [7, 11) is 1.68. The molecular formula is C23H23N5OS. The number of thiazole rings is 1. The minimum atomic E-state index is 0.751. The molecule has 0 radical (unpaired) electrons. The summed E-state index contributed by atoms with van der Waals surface area (Å²) in [4.78, 5) is 13.4. The van der Waals surface area contributed by atoms with Gasteiger partial charge < -0.3 is 15.4 Å². The fourth-order valence-electron chi connectivity index (χ4n) is 2.97. The summed E-state index contributed by atoms with van der Waals surface area (Å²) < 4.78 is 5.19. The molecule has 6 nitrogen and oxygen atoms in total. The van der Waals surface area contributed by atoms with Crippen molar-refractivity contribution in [2.45, 2.75) is 13.0 Å². The zero-order chi connectivity index (χ0) is 20.6. The van der Waals surface area contributed by atoms with Crippen LogP contribution in [0.5, 0.6) is 5.75 Å². The van der Waals surface area contributed by atoms with Crippen molar-refractivity contribution in [3.05, 3.63) is 83.5 Å². The summed E-state index contributed by atoms with van der Waals surface area (Å²) in [5, 5.41) is 9.57. The monoisotopic (exact) mass is 417 g/mol. The first kappa shape index (κ1) is 20.0. The van der Waals surface area contributed by atoms with Crippen LogP contribution in [0.2, 0.25) is 0 Å². The number of rotatable bonds is 9. The summed E-state index contributed by atoms with van der Waals surface area (Å²) in [6.45, 7) is 1.68.